The van der Waals surface area contributed by atoms with E-state index < -0.39 is 0 Å². The third kappa shape index (κ3) is 8.82. The molecule has 0 aromatic heterocycles. The third-order valence-electron chi connectivity index (χ3n) is 0. The first-order valence-electron chi connectivity index (χ1n) is 0. The maximum absolute atomic E-state index is 0. The zero-order valence-corrected chi connectivity index (χ0v) is 6.86. The smallest absolute Gasteiger partial charge is 1.00 e. The van der Waals surface area contributed by atoms with E-state index in [-0.39, 0.29) is 80.9 Å². The van der Waals surface area contributed by atoms with Gasteiger partial charge in [0.25, 0.3) is 0 Å². The zero-order chi connectivity index (χ0) is 0. The first-order chi connectivity index (χ1) is 0. The normalized spacial score (nSPS) is 0. The van der Waals surface area contributed by atoms with Crippen LogP contribution in [-0.4, -0.2) is 23.1 Å². The first kappa shape index (κ1) is 31.6. The Morgan fingerprint density at radius 1 is 1.25 bits per heavy atom. The molecule has 0 aliphatic rings. The van der Waals surface area contributed by atoms with Crippen molar-refractivity contribution >= 4 is 23.1 Å². The molecule has 0 saturated carbocycles. The summed E-state index contributed by atoms with van der Waals surface area (Å²) in [6.07, 6.45) is 0. The number of hydrogen-bond donors (Lipinski definition) is 0. The van der Waals surface area contributed by atoms with Gasteiger partial charge in [-0.05, 0) is 0 Å². The molecule has 0 fully saturated rings. The third-order valence-corrected chi connectivity index (χ3v) is 0. The molecule has 0 atom stereocenters. The second kappa shape index (κ2) is 17.9. The van der Waals surface area contributed by atoms with Crippen LogP contribution in [0.2, 0.25) is 0 Å². The average Bonchev–Trinajstić information content (AvgIpc) is 0. The van der Waals surface area contributed by atoms with Crippen LogP contribution in [0.4, 0.5) is 0 Å². The van der Waals surface area contributed by atoms with Gasteiger partial charge in [0.05, 0.1) is 0 Å². The Kier molecular flexibility index (Phi) is 141. The van der Waals surface area contributed by atoms with E-state index in [4.69, 9.17) is 0 Å². The topological polar surface area (TPSA) is 0 Å². The predicted molar refractivity (Wildman–Crippen MR) is 7.98 cm³/mol. The second-order valence-electron chi connectivity index (χ2n) is 0. The largest absolute Gasteiger partial charge is 2.00 e. The van der Waals surface area contributed by atoms with Crippen LogP contribution in [-0.2, 0) is 55.0 Å². The van der Waals surface area contributed by atoms with Crippen molar-refractivity contribution in [3.8, 4) is 0 Å². The van der Waals surface area contributed by atoms with E-state index in [2.05, 4.69) is 0 Å². The van der Waals surface area contributed by atoms with Crippen LogP contribution >= 0.6 is 0 Å². The van der Waals surface area contributed by atoms with Crippen LogP contribution in [0.1, 0.15) is 2.85 Å². The van der Waals surface area contributed by atoms with Crippen LogP contribution in [0, 0.1) is 0 Å². The molecular formula is H2CoMgNiTi. The van der Waals surface area contributed by atoms with Gasteiger partial charge in [-0.25, -0.2) is 0 Å². The molecule has 0 spiro atoms. The summed E-state index contributed by atoms with van der Waals surface area (Å²) in [6, 6.07) is 0. The predicted octanol–water partition coefficient (Wildman–Crippen LogP) is -0.163. The summed E-state index contributed by atoms with van der Waals surface area (Å²) >= 11 is 0. The summed E-state index contributed by atoms with van der Waals surface area (Å²) in [5, 5.41) is 0. The van der Waals surface area contributed by atoms with E-state index >= 15 is 0 Å². The van der Waals surface area contributed by atoms with Crippen molar-refractivity contribution < 1.29 is 57.8 Å². The number of hydrogen-bond acceptors (Lipinski definition) is 0. The van der Waals surface area contributed by atoms with Gasteiger partial charge >= 0.3 is 23.1 Å². The Labute approximate surface area is 80.0 Å². The molecule has 0 heterocycles. The molecule has 27 valence electrons. The fraction of sp³-hybridized carbons (Fsp3) is 0. The molecule has 0 N–H and O–H groups in total. The van der Waals surface area contributed by atoms with Gasteiger partial charge in [-0.15, -0.1) is 0 Å². The van der Waals surface area contributed by atoms with E-state index in [9.17, 15) is 0 Å². The molecule has 0 unspecified atom stereocenters. The van der Waals surface area contributed by atoms with Crippen molar-refractivity contribution in [1.82, 2.24) is 0 Å². The quantitative estimate of drug-likeness (QED) is 0.467. The maximum Gasteiger partial charge on any atom is 2.00 e. The molecule has 0 nitrogen and oxygen atoms in total. The summed E-state index contributed by atoms with van der Waals surface area (Å²) in [5.41, 5.74) is 0. The monoisotopic (exact) mass is 191 g/mol. The molecular weight excluding hydrogens is 190 g/mol. The Bertz CT molecular complexity index is 13.5. The van der Waals surface area contributed by atoms with Gasteiger partial charge in [-0.2, -0.15) is 0 Å². The molecule has 0 amide bonds. The van der Waals surface area contributed by atoms with E-state index in [1.165, 1.54) is 0 Å². The van der Waals surface area contributed by atoms with Gasteiger partial charge in [-0.3, -0.25) is 0 Å². The average molecular weight is 192 g/mol. The van der Waals surface area contributed by atoms with Crippen molar-refractivity contribution in [2.75, 3.05) is 0 Å². The standard InChI is InChI=1S/Co.Mg.Ni.Ti.2H/q;+2;;;2*-1. The van der Waals surface area contributed by atoms with Gasteiger partial charge in [-0.1, -0.05) is 0 Å². The summed E-state index contributed by atoms with van der Waals surface area (Å²) in [6.45, 7) is 0. The molecule has 0 bridgehead atoms. The summed E-state index contributed by atoms with van der Waals surface area (Å²) in [5.74, 6) is 0. The van der Waals surface area contributed by atoms with Gasteiger partial charge in [0.1, 0.15) is 0 Å². The Hall–Kier alpha value is 2.48. The molecule has 0 aromatic rings. The van der Waals surface area contributed by atoms with Crippen LogP contribution in [0.25, 0.3) is 0 Å². The van der Waals surface area contributed by atoms with Gasteiger partial charge in [0.2, 0.25) is 0 Å². The number of rotatable bonds is 0. The van der Waals surface area contributed by atoms with E-state index in [0.717, 1.165) is 0 Å². The summed E-state index contributed by atoms with van der Waals surface area (Å²) in [4.78, 5) is 0. The van der Waals surface area contributed by atoms with E-state index in [0.29, 0.717) is 0 Å². The minimum Gasteiger partial charge on any atom is -1.00 e. The van der Waals surface area contributed by atoms with Gasteiger partial charge in [0.15, 0.2) is 0 Å². The Balaban J connectivity index is 0. The fourth-order valence-corrected chi connectivity index (χ4v) is 0. The minimum atomic E-state index is 0. The maximum atomic E-state index is 0. The van der Waals surface area contributed by atoms with Crippen molar-refractivity contribution in [2.45, 2.75) is 0 Å². The van der Waals surface area contributed by atoms with E-state index in [1.54, 1.807) is 0 Å². The molecule has 0 aromatic carbocycles. The molecule has 4 heavy (non-hydrogen) atoms. The Morgan fingerprint density at radius 3 is 1.25 bits per heavy atom. The SMILES string of the molecule is [Co].[H-].[H-].[Mg+2].[Ni].[Ti]. The molecule has 4 heteroatoms. The molecule has 0 aliphatic heterocycles. The van der Waals surface area contributed by atoms with Crippen LogP contribution in [0.3, 0.4) is 0 Å². The van der Waals surface area contributed by atoms with Gasteiger partial charge < -0.3 is 2.85 Å². The van der Waals surface area contributed by atoms with Crippen molar-refractivity contribution in [1.29, 1.82) is 0 Å². The van der Waals surface area contributed by atoms with Crippen molar-refractivity contribution in [3.05, 3.63) is 0 Å². The van der Waals surface area contributed by atoms with Crippen molar-refractivity contribution in [2.24, 2.45) is 0 Å². The van der Waals surface area contributed by atoms with E-state index in [1.807, 2.05) is 0 Å². The van der Waals surface area contributed by atoms with Crippen LogP contribution < -0.4 is 0 Å². The molecule has 0 saturated heterocycles. The van der Waals surface area contributed by atoms with Crippen LogP contribution in [0.15, 0.2) is 0 Å². The first-order valence-corrected chi connectivity index (χ1v) is 0. The molecule has 0 aliphatic carbocycles. The summed E-state index contributed by atoms with van der Waals surface area (Å²) in [7, 11) is 0. The minimum absolute atomic E-state index is 0. The van der Waals surface area contributed by atoms with Crippen molar-refractivity contribution in [3.63, 3.8) is 0 Å². The zero-order valence-electron chi connectivity index (χ0n) is 3.86. The summed E-state index contributed by atoms with van der Waals surface area (Å²) < 4.78 is 0. The molecule has 0 rings (SSSR count). The van der Waals surface area contributed by atoms with Gasteiger partial charge in [0, 0.05) is 55.0 Å². The molecule has 1 radical (unpaired) electrons. The fourth-order valence-electron chi connectivity index (χ4n) is 0. The van der Waals surface area contributed by atoms with Crippen LogP contribution in [0.5, 0.6) is 0 Å². The second-order valence-corrected chi connectivity index (χ2v) is 0. The Morgan fingerprint density at radius 2 is 1.25 bits per heavy atom.